The number of hydrogen-bond donors (Lipinski definition) is 4. The summed E-state index contributed by atoms with van der Waals surface area (Å²) < 4.78 is 63.4. The molecular weight excluding hydrogens is 1280 g/mol. The Bertz CT molecular complexity index is 3570. The van der Waals surface area contributed by atoms with Gasteiger partial charge in [-0.2, -0.15) is 9.97 Å². The molecule has 4 amide bonds. The van der Waals surface area contributed by atoms with Crippen LogP contribution in [0.1, 0.15) is 71.2 Å². The summed E-state index contributed by atoms with van der Waals surface area (Å²) in [6.07, 6.45) is 1.90. The maximum Gasteiger partial charge on any atom is 0.319 e. The highest BCUT2D eigenvalue weighted by molar-refractivity contribution is 7.13. The Labute approximate surface area is 569 Å². The zero-order valence-electron chi connectivity index (χ0n) is 55.7. The number of piperazine rings is 1. The molecule has 23 nitrogen and oxygen atoms in total. The van der Waals surface area contributed by atoms with E-state index >= 15 is 4.39 Å². The molecule has 4 aromatic carbocycles. The van der Waals surface area contributed by atoms with Crippen molar-refractivity contribution in [3.8, 4) is 33.3 Å². The predicted molar refractivity (Wildman–Crippen MR) is 365 cm³/mol. The Morgan fingerprint density at radius 1 is 0.802 bits per heavy atom. The molecule has 0 unspecified atom stereocenters. The van der Waals surface area contributed by atoms with Gasteiger partial charge in [-0.15, -0.1) is 11.3 Å². The number of ether oxygens (including phenoxy) is 8. The van der Waals surface area contributed by atoms with Gasteiger partial charge in [0, 0.05) is 69.7 Å². The number of nitrogens with zero attached hydrogens (tertiary/aromatic N) is 7. The number of aliphatic hydroxyl groups is 1. The summed E-state index contributed by atoms with van der Waals surface area (Å²) in [5.41, 5.74) is 4.54. The van der Waals surface area contributed by atoms with Crippen molar-refractivity contribution in [1.29, 1.82) is 0 Å². The topological polar surface area (TPSA) is 258 Å². The number of aromatic nitrogens is 3. The molecule has 3 aliphatic heterocycles. The molecule has 3 saturated heterocycles. The summed E-state index contributed by atoms with van der Waals surface area (Å²) in [5.74, 6) is -1.73. The summed E-state index contributed by atoms with van der Waals surface area (Å²) in [6, 6.07) is 17.8. The fourth-order valence-electron chi connectivity index (χ4n) is 12.1. The van der Waals surface area contributed by atoms with Crippen molar-refractivity contribution in [2.24, 2.45) is 5.41 Å². The normalized spacial score (nSPS) is 17.4. The van der Waals surface area contributed by atoms with Gasteiger partial charge >= 0.3 is 6.01 Å². The third kappa shape index (κ3) is 20.1. The molecule has 0 spiro atoms. The SMILES string of the molecule is C=CC(=O)N1CCN(c2nc(O[C@H](C)CN3CCC(OCCOCCOCCOCCOCCOCCOCC(=O)N[C@H](C(=O)N4C[C@H](O)C[C@H]4C(=O)N[C@@H](C)c4ccc(-c5scnc5C)cc4)C(C)(C)C)CC3)nc3c(F)c(-c4cc(O)cc5ccccc45)c(Cl)cc23)CC1. The Hall–Kier alpha value is -7.01. The second-order valence-corrected chi connectivity index (χ2v) is 26.6. The Balaban J connectivity index is 0.585. The Morgan fingerprint density at radius 2 is 1.43 bits per heavy atom. The van der Waals surface area contributed by atoms with E-state index in [1.807, 2.05) is 100 Å². The van der Waals surface area contributed by atoms with Crippen LogP contribution in [0.5, 0.6) is 11.8 Å². The summed E-state index contributed by atoms with van der Waals surface area (Å²) in [5, 5.41) is 29.1. The summed E-state index contributed by atoms with van der Waals surface area (Å²) in [7, 11) is 0. The largest absolute Gasteiger partial charge is 0.508 e. The van der Waals surface area contributed by atoms with Crippen molar-refractivity contribution in [2.75, 3.05) is 143 Å². The van der Waals surface area contributed by atoms with Gasteiger partial charge in [-0.3, -0.25) is 24.1 Å². The monoisotopic (exact) mass is 1370 g/mol. The van der Waals surface area contributed by atoms with Crippen molar-refractivity contribution in [3.05, 3.63) is 107 Å². The van der Waals surface area contributed by atoms with E-state index in [9.17, 15) is 29.4 Å². The number of piperidine rings is 1. The van der Waals surface area contributed by atoms with Gasteiger partial charge in [0.15, 0.2) is 5.82 Å². The highest BCUT2D eigenvalue weighted by Gasteiger charge is 2.45. The summed E-state index contributed by atoms with van der Waals surface area (Å²) in [4.78, 5) is 75.5. The van der Waals surface area contributed by atoms with Gasteiger partial charge < -0.3 is 73.4 Å². The molecule has 3 aliphatic rings. The van der Waals surface area contributed by atoms with Crippen LogP contribution in [0, 0.1) is 18.2 Å². The first-order valence-corrected chi connectivity index (χ1v) is 34.2. The van der Waals surface area contributed by atoms with Gasteiger partial charge in [0.25, 0.3) is 0 Å². The summed E-state index contributed by atoms with van der Waals surface area (Å²) >= 11 is 8.50. The third-order valence-electron chi connectivity index (χ3n) is 17.1. The number of carbonyl (C=O) groups is 4. The zero-order chi connectivity index (χ0) is 68.3. The lowest BCUT2D eigenvalue weighted by molar-refractivity contribution is -0.144. The van der Waals surface area contributed by atoms with E-state index in [0.29, 0.717) is 121 Å². The minimum Gasteiger partial charge on any atom is -0.508 e. The molecule has 9 rings (SSSR count). The van der Waals surface area contributed by atoms with Crippen LogP contribution in [-0.4, -0.2) is 232 Å². The molecule has 0 saturated carbocycles. The van der Waals surface area contributed by atoms with Crippen molar-refractivity contribution in [1.82, 2.24) is 40.3 Å². The second kappa shape index (κ2) is 35.5. The number of anilines is 1. The van der Waals surface area contributed by atoms with Crippen molar-refractivity contribution < 1.29 is 71.7 Å². The van der Waals surface area contributed by atoms with E-state index < -0.39 is 41.2 Å². The van der Waals surface area contributed by atoms with E-state index in [0.717, 1.165) is 53.0 Å². The fourth-order valence-corrected chi connectivity index (χ4v) is 13.2. The van der Waals surface area contributed by atoms with Crippen LogP contribution >= 0.6 is 22.9 Å². The number of fused-ring (bicyclic) bond motifs is 2. The van der Waals surface area contributed by atoms with Gasteiger partial charge in [0.05, 0.1) is 119 Å². The highest BCUT2D eigenvalue weighted by Crippen LogP contribution is 2.43. The standard InChI is InChI=1S/C70H91ClFN9O14S/c1-8-60(85)79-21-23-80(24-22-79)66-56-40-57(71)61(55-38-51(82)37-50-11-9-10-12-54(50)55)62(72)63(56)76-69(77-66)95-45(2)41-78-19-17-53(18-20-78)94-36-35-92-32-31-90-28-27-88-25-26-89-29-30-91-33-34-93-43-59(84)75-65(70(5,6)7)68(87)81-42-52(83)39-58(81)67(86)74-46(3)48-13-15-49(16-14-48)64-47(4)73-44-96-64/h8-16,37-38,40,44-46,52-53,58,65,82-83H,1,17-36,39,41-43H2,2-7H3,(H,74,86)(H,75,84)/t45-,46+,52-,58+,65-/m1/s1. The number of rotatable bonds is 34. The molecule has 6 aromatic rings. The molecule has 5 atom stereocenters. The number of nitrogens with one attached hydrogen (secondary N) is 2. The number of aryl methyl sites for hydroxylation is 1. The predicted octanol–water partition coefficient (Wildman–Crippen LogP) is 7.93. The highest BCUT2D eigenvalue weighted by atomic mass is 35.5. The first kappa shape index (κ1) is 73.2. The first-order valence-electron chi connectivity index (χ1n) is 32.9. The third-order valence-corrected chi connectivity index (χ3v) is 18.4. The van der Waals surface area contributed by atoms with Crippen LogP contribution in [0.4, 0.5) is 10.2 Å². The molecule has 2 aromatic heterocycles. The van der Waals surface area contributed by atoms with Gasteiger partial charge in [-0.05, 0) is 90.8 Å². The van der Waals surface area contributed by atoms with Crippen LogP contribution in [0.3, 0.4) is 0 Å². The van der Waals surface area contributed by atoms with Gasteiger partial charge in [0.2, 0.25) is 23.6 Å². The number of carbonyl (C=O) groups excluding carboxylic acids is 4. The number of likely N-dealkylation sites (tertiary alicyclic amines) is 2. The maximum absolute atomic E-state index is 17.1. The smallest absolute Gasteiger partial charge is 0.319 e. The number of thiazole rings is 1. The van der Waals surface area contributed by atoms with Gasteiger partial charge in [0.1, 0.15) is 41.9 Å². The maximum atomic E-state index is 17.1. The van der Waals surface area contributed by atoms with E-state index in [2.05, 4.69) is 32.1 Å². The number of aromatic hydroxyl groups is 1. The molecule has 0 radical (unpaired) electrons. The molecule has 0 aliphatic carbocycles. The van der Waals surface area contributed by atoms with Gasteiger partial charge in [-0.25, -0.2) is 9.37 Å². The fraction of sp³-hybridized carbons (Fsp3) is 0.529. The number of phenolic OH excluding ortho intramolecular Hbond substituents is 1. The van der Waals surface area contributed by atoms with Crippen LogP contribution in [-0.2, 0) is 52.3 Å². The van der Waals surface area contributed by atoms with Crippen molar-refractivity contribution in [2.45, 2.75) is 97.2 Å². The van der Waals surface area contributed by atoms with E-state index in [1.54, 1.807) is 28.4 Å². The quantitative estimate of drug-likeness (QED) is 0.0221. The number of phenols is 1. The molecule has 3 fully saturated rings. The molecule has 5 heterocycles. The molecule has 0 bridgehead atoms. The minimum absolute atomic E-state index is 0.0180. The van der Waals surface area contributed by atoms with Crippen LogP contribution in [0.15, 0.2) is 84.9 Å². The lowest BCUT2D eigenvalue weighted by Gasteiger charge is -2.35. The molecule has 26 heteroatoms. The number of halogens is 2. The van der Waals surface area contributed by atoms with Crippen LogP contribution in [0.25, 0.3) is 43.2 Å². The molecule has 96 heavy (non-hydrogen) atoms. The average molecular weight is 1370 g/mol. The molecule has 520 valence electrons. The Kier molecular flexibility index (Phi) is 27.1. The molecular formula is C70H91ClFN9O14S. The number of amides is 4. The van der Waals surface area contributed by atoms with Gasteiger partial charge in [-0.1, -0.05) is 87.5 Å². The van der Waals surface area contributed by atoms with Crippen molar-refractivity contribution >= 4 is 74.1 Å². The van der Waals surface area contributed by atoms with E-state index in [4.69, 9.17) is 54.5 Å². The lowest BCUT2D eigenvalue weighted by Crippen LogP contribution is -2.58. The molecule has 4 N–H and O–H groups in total. The lowest BCUT2D eigenvalue weighted by atomic mass is 9.85. The van der Waals surface area contributed by atoms with E-state index in [1.165, 1.54) is 17.0 Å². The second-order valence-electron chi connectivity index (χ2n) is 25.3. The van der Waals surface area contributed by atoms with Crippen LogP contribution < -0.4 is 20.3 Å². The van der Waals surface area contributed by atoms with E-state index in [-0.39, 0.29) is 90.7 Å². The zero-order valence-corrected chi connectivity index (χ0v) is 57.3. The number of benzene rings is 4. The first-order chi connectivity index (χ1) is 46.3. The van der Waals surface area contributed by atoms with Crippen LogP contribution in [0.2, 0.25) is 5.02 Å². The average Bonchev–Trinajstić information content (AvgIpc) is 0.849. The number of β-amino-alcohol motifs (C(OH)–C–C–N with tert-alkyl or cyclic N) is 1. The minimum atomic E-state index is -0.985. The summed E-state index contributed by atoms with van der Waals surface area (Å²) in [6.45, 7) is 22.8. The number of aliphatic hydroxyl groups excluding tert-OH is 1. The number of hydrogen-bond acceptors (Lipinski definition) is 20. The van der Waals surface area contributed by atoms with Crippen molar-refractivity contribution in [3.63, 3.8) is 0 Å². The Morgan fingerprint density at radius 3 is 2.04 bits per heavy atom.